The largest absolute Gasteiger partial charge is 0.485 e. The van der Waals surface area contributed by atoms with Crippen LogP contribution in [0.25, 0.3) is 0 Å². The van der Waals surface area contributed by atoms with E-state index in [2.05, 4.69) is 26.2 Å². The predicted molar refractivity (Wildman–Crippen MR) is 89.1 cm³/mol. The molecule has 1 aliphatic heterocycles. The zero-order valence-electron chi connectivity index (χ0n) is 13.2. The summed E-state index contributed by atoms with van der Waals surface area (Å²) in [6.45, 7) is 3.88. The summed E-state index contributed by atoms with van der Waals surface area (Å²) in [5, 5.41) is 1.00. The molecule has 0 N–H and O–H groups in total. The van der Waals surface area contributed by atoms with Crippen molar-refractivity contribution in [1.29, 1.82) is 0 Å². The standard InChI is InChI=1S/C15H21N5OS/c1-4-13-17-15(22-18-13)20-9-7-11(10-20)21-12-6-5-8-16-14(12)19(2)3/h5-6,8,11H,4,7,9-10H2,1-3H3. The van der Waals surface area contributed by atoms with E-state index >= 15 is 0 Å². The second-order valence-electron chi connectivity index (χ2n) is 5.54. The van der Waals surface area contributed by atoms with Crippen LogP contribution in [0.5, 0.6) is 5.75 Å². The van der Waals surface area contributed by atoms with Gasteiger partial charge in [-0.3, -0.25) is 0 Å². The first kappa shape index (κ1) is 15.0. The van der Waals surface area contributed by atoms with Gasteiger partial charge in [0.25, 0.3) is 0 Å². The quantitative estimate of drug-likeness (QED) is 0.842. The predicted octanol–water partition coefficient (Wildman–Crippen LogP) is 2.22. The molecule has 1 atom stereocenters. The van der Waals surface area contributed by atoms with Gasteiger partial charge in [0, 0.05) is 51.2 Å². The molecule has 2 aromatic heterocycles. The van der Waals surface area contributed by atoms with Crippen LogP contribution in [0.2, 0.25) is 0 Å². The van der Waals surface area contributed by atoms with Crippen LogP contribution in [0.4, 0.5) is 10.9 Å². The highest BCUT2D eigenvalue weighted by Crippen LogP contribution is 2.28. The van der Waals surface area contributed by atoms with Crippen molar-refractivity contribution in [3.63, 3.8) is 0 Å². The van der Waals surface area contributed by atoms with E-state index in [0.717, 1.165) is 48.5 Å². The van der Waals surface area contributed by atoms with Gasteiger partial charge in [-0.2, -0.15) is 4.37 Å². The molecule has 2 aromatic rings. The summed E-state index contributed by atoms with van der Waals surface area (Å²) in [6.07, 6.45) is 3.82. The van der Waals surface area contributed by atoms with E-state index in [-0.39, 0.29) is 6.10 Å². The maximum Gasteiger partial charge on any atom is 0.205 e. The Bertz CT molecular complexity index is 630. The third-order valence-electron chi connectivity index (χ3n) is 3.66. The van der Waals surface area contributed by atoms with Crippen molar-refractivity contribution in [1.82, 2.24) is 14.3 Å². The highest BCUT2D eigenvalue weighted by Gasteiger charge is 2.27. The molecule has 1 unspecified atom stereocenters. The van der Waals surface area contributed by atoms with E-state index < -0.39 is 0 Å². The molecular weight excluding hydrogens is 298 g/mol. The normalized spacial score (nSPS) is 17.8. The number of anilines is 2. The zero-order valence-corrected chi connectivity index (χ0v) is 14.0. The molecular formula is C15H21N5OS. The molecule has 1 aliphatic rings. The zero-order chi connectivity index (χ0) is 15.5. The van der Waals surface area contributed by atoms with Crippen LogP contribution in [0, 0.1) is 0 Å². The van der Waals surface area contributed by atoms with Crippen molar-refractivity contribution >= 4 is 22.5 Å². The van der Waals surface area contributed by atoms with Gasteiger partial charge in [-0.15, -0.1) is 0 Å². The number of hydrogen-bond acceptors (Lipinski definition) is 7. The minimum absolute atomic E-state index is 0.164. The average Bonchev–Trinajstić information content (AvgIpc) is 3.16. The first-order valence-electron chi connectivity index (χ1n) is 7.54. The van der Waals surface area contributed by atoms with E-state index in [1.165, 1.54) is 11.5 Å². The van der Waals surface area contributed by atoms with Crippen molar-refractivity contribution in [2.45, 2.75) is 25.9 Å². The number of nitrogens with zero attached hydrogens (tertiary/aromatic N) is 5. The summed E-state index contributed by atoms with van der Waals surface area (Å²) in [5.74, 6) is 2.63. The van der Waals surface area contributed by atoms with Gasteiger partial charge >= 0.3 is 0 Å². The monoisotopic (exact) mass is 319 g/mol. The first-order valence-corrected chi connectivity index (χ1v) is 8.31. The lowest BCUT2D eigenvalue weighted by atomic mass is 10.3. The summed E-state index contributed by atoms with van der Waals surface area (Å²) in [7, 11) is 3.95. The van der Waals surface area contributed by atoms with Gasteiger partial charge in [0.2, 0.25) is 5.13 Å². The summed E-state index contributed by atoms with van der Waals surface area (Å²) < 4.78 is 10.5. The average molecular weight is 319 g/mol. The van der Waals surface area contributed by atoms with Gasteiger partial charge < -0.3 is 14.5 Å². The van der Waals surface area contributed by atoms with E-state index in [4.69, 9.17) is 4.74 Å². The van der Waals surface area contributed by atoms with Crippen molar-refractivity contribution in [3.8, 4) is 5.75 Å². The SMILES string of the molecule is CCc1nsc(N2CCC(Oc3cccnc3N(C)C)C2)n1. The molecule has 22 heavy (non-hydrogen) atoms. The van der Waals surface area contributed by atoms with Crippen molar-refractivity contribution in [3.05, 3.63) is 24.2 Å². The molecule has 0 spiro atoms. The number of hydrogen-bond donors (Lipinski definition) is 0. The number of aromatic nitrogens is 3. The Hall–Kier alpha value is -1.89. The Morgan fingerprint density at radius 2 is 2.32 bits per heavy atom. The van der Waals surface area contributed by atoms with Gasteiger partial charge in [-0.1, -0.05) is 6.92 Å². The fourth-order valence-electron chi connectivity index (χ4n) is 2.50. The second kappa shape index (κ2) is 6.48. The van der Waals surface area contributed by atoms with Gasteiger partial charge in [-0.05, 0) is 12.1 Å². The summed E-state index contributed by atoms with van der Waals surface area (Å²) in [6, 6.07) is 3.89. The van der Waals surface area contributed by atoms with Gasteiger partial charge in [0.15, 0.2) is 11.6 Å². The minimum atomic E-state index is 0.164. The van der Waals surface area contributed by atoms with Crippen molar-refractivity contribution in [2.75, 3.05) is 37.0 Å². The Labute approximate surface area is 134 Å². The van der Waals surface area contributed by atoms with E-state index in [0.29, 0.717) is 0 Å². The fraction of sp³-hybridized carbons (Fsp3) is 0.533. The van der Waals surface area contributed by atoms with E-state index in [1.54, 1.807) is 6.20 Å². The summed E-state index contributed by atoms with van der Waals surface area (Å²) in [5.41, 5.74) is 0. The topological polar surface area (TPSA) is 54.4 Å². The highest BCUT2D eigenvalue weighted by atomic mass is 32.1. The molecule has 0 amide bonds. The minimum Gasteiger partial charge on any atom is -0.485 e. The van der Waals surface area contributed by atoms with Crippen molar-refractivity contribution in [2.24, 2.45) is 0 Å². The molecule has 3 rings (SSSR count). The number of ether oxygens (including phenoxy) is 1. The lowest BCUT2D eigenvalue weighted by Crippen LogP contribution is -2.25. The maximum atomic E-state index is 6.16. The molecule has 0 aromatic carbocycles. The lowest BCUT2D eigenvalue weighted by molar-refractivity contribution is 0.225. The van der Waals surface area contributed by atoms with Crippen LogP contribution in [0.15, 0.2) is 18.3 Å². The van der Waals surface area contributed by atoms with Crippen LogP contribution in [0.3, 0.4) is 0 Å². The smallest absolute Gasteiger partial charge is 0.205 e. The first-order chi connectivity index (χ1) is 10.7. The molecule has 6 nitrogen and oxygen atoms in total. The summed E-state index contributed by atoms with van der Waals surface area (Å²) in [4.78, 5) is 13.2. The molecule has 0 bridgehead atoms. The Morgan fingerprint density at radius 3 is 3.05 bits per heavy atom. The van der Waals surface area contributed by atoms with Crippen LogP contribution < -0.4 is 14.5 Å². The van der Waals surface area contributed by atoms with Crippen molar-refractivity contribution < 1.29 is 4.74 Å². The number of aryl methyl sites for hydroxylation is 1. The molecule has 118 valence electrons. The van der Waals surface area contributed by atoms with Crippen LogP contribution in [0.1, 0.15) is 19.2 Å². The molecule has 3 heterocycles. The Balaban J connectivity index is 1.66. The van der Waals surface area contributed by atoms with Gasteiger partial charge in [0.05, 0.1) is 6.54 Å². The third-order valence-corrected chi connectivity index (χ3v) is 4.47. The molecule has 0 saturated carbocycles. The Kier molecular flexibility index (Phi) is 4.42. The van der Waals surface area contributed by atoms with Crippen LogP contribution in [-0.2, 0) is 6.42 Å². The number of pyridine rings is 1. The lowest BCUT2D eigenvalue weighted by Gasteiger charge is -2.20. The van der Waals surface area contributed by atoms with Crippen LogP contribution in [-0.4, -0.2) is 47.6 Å². The second-order valence-corrected chi connectivity index (χ2v) is 6.27. The number of rotatable bonds is 5. The molecule has 7 heteroatoms. The van der Waals surface area contributed by atoms with E-state index in [1.807, 2.05) is 31.1 Å². The van der Waals surface area contributed by atoms with Gasteiger partial charge in [0.1, 0.15) is 11.9 Å². The maximum absolute atomic E-state index is 6.16. The highest BCUT2D eigenvalue weighted by molar-refractivity contribution is 7.09. The van der Waals surface area contributed by atoms with Gasteiger partial charge in [-0.25, -0.2) is 9.97 Å². The molecule has 0 radical (unpaired) electrons. The summed E-state index contributed by atoms with van der Waals surface area (Å²) >= 11 is 1.48. The Morgan fingerprint density at radius 1 is 1.45 bits per heavy atom. The van der Waals surface area contributed by atoms with Crippen LogP contribution >= 0.6 is 11.5 Å². The molecule has 1 saturated heterocycles. The molecule has 0 aliphatic carbocycles. The van der Waals surface area contributed by atoms with E-state index in [9.17, 15) is 0 Å². The molecule has 1 fully saturated rings. The fourth-order valence-corrected chi connectivity index (χ4v) is 3.29. The third kappa shape index (κ3) is 3.14.